The van der Waals surface area contributed by atoms with Gasteiger partial charge in [-0.1, -0.05) is 83.9 Å². The highest BCUT2D eigenvalue weighted by Crippen LogP contribution is 2.46. The Morgan fingerprint density at radius 3 is 2.21 bits per heavy atom. The van der Waals surface area contributed by atoms with Crippen LogP contribution in [0.3, 0.4) is 0 Å². The summed E-state index contributed by atoms with van der Waals surface area (Å²) in [6, 6.07) is 28.8. The maximum atomic E-state index is 13.6. The van der Waals surface area contributed by atoms with Crippen molar-refractivity contribution in [2.24, 2.45) is 5.92 Å². The topological polar surface area (TPSA) is 37.4 Å². The minimum atomic E-state index is -3.56. The number of hydrogen-bond acceptors (Lipinski definition) is 2. The molecule has 0 amide bonds. The lowest BCUT2D eigenvalue weighted by atomic mass is 9.76. The highest BCUT2D eigenvalue weighted by molar-refractivity contribution is 7.89. The van der Waals surface area contributed by atoms with Gasteiger partial charge in [0.15, 0.2) is 0 Å². The number of benzene rings is 4. The van der Waals surface area contributed by atoms with E-state index in [4.69, 9.17) is 0 Å². The third kappa shape index (κ3) is 3.41. The fraction of sp³-hybridized carbons (Fsp3) is 0.200. The van der Waals surface area contributed by atoms with Crippen molar-refractivity contribution >= 4 is 26.4 Å². The first-order chi connectivity index (χ1) is 16.4. The fourth-order valence-corrected chi connectivity index (χ4v) is 6.97. The normalized spacial score (nSPS) is 18.2. The number of sulfonamides is 1. The van der Waals surface area contributed by atoms with Crippen molar-refractivity contribution < 1.29 is 8.42 Å². The molecule has 0 N–H and O–H groups in total. The standard InChI is InChI=1S/C30H27NO2S/c1-20-7-11-23(12-8-20)29-28-19-31(34(32,33)26-15-9-21(2)10-16-26)18-25(28)17-24-14-13-22-5-3-4-6-27(22)30(24)29/h3-16,25H,17-19H2,1-2H3. The van der Waals surface area contributed by atoms with Crippen molar-refractivity contribution in [1.82, 2.24) is 4.31 Å². The van der Waals surface area contributed by atoms with Gasteiger partial charge in [-0.15, -0.1) is 0 Å². The molecule has 1 aliphatic carbocycles. The number of nitrogens with zero attached hydrogens (tertiary/aromatic N) is 1. The molecule has 0 bridgehead atoms. The largest absolute Gasteiger partial charge is 0.243 e. The Morgan fingerprint density at radius 2 is 1.47 bits per heavy atom. The summed E-state index contributed by atoms with van der Waals surface area (Å²) >= 11 is 0. The molecule has 170 valence electrons. The molecule has 1 atom stereocenters. The Balaban J connectivity index is 1.54. The first-order valence-electron chi connectivity index (χ1n) is 11.8. The van der Waals surface area contributed by atoms with Crippen LogP contribution in [0.2, 0.25) is 0 Å². The molecule has 1 saturated heterocycles. The van der Waals surface area contributed by atoms with E-state index in [9.17, 15) is 8.42 Å². The minimum absolute atomic E-state index is 0.185. The molecule has 0 spiro atoms. The van der Waals surface area contributed by atoms with Gasteiger partial charge in [-0.25, -0.2) is 8.42 Å². The first-order valence-corrected chi connectivity index (χ1v) is 13.2. The molecule has 1 aliphatic heterocycles. The molecule has 0 radical (unpaired) electrons. The van der Waals surface area contributed by atoms with Gasteiger partial charge in [0.25, 0.3) is 0 Å². The van der Waals surface area contributed by atoms with Gasteiger partial charge >= 0.3 is 0 Å². The van der Waals surface area contributed by atoms with Crippen molar-refractivity contribution in [2.45, 2.75) is 25.2 Å². The van der Waals surface area contributed by atoms with E-state index in [1.807, 2.05) is 19.1 Å². The summed E-state index contributed by atoms with van der Waals surface area (Å²) in [6.07, 6.45) is 0.866. The molecule has 3 nitrogen and oxygen atoms in total. The summed E-state index contributed by atoms with van der Waals surface area (Å²) in [5.74, 6) is 0.185. The fourth-order valence-electron chi connectivity index (χ4n) is 5.51. The predicted octanol–water partition coefficient (Wildman–Crippen LogP) is 6.14. The van der Waals surface area contributed by atoms with E-state index in [-0.39, 0.29) is 5.92 Å². The van der Waals surface area contributed by atoms with Crippen LogP contribution >= 0.6 is 0 Å². The highest BCUT2D eigenvalue weighted by Gasteiger charge is 2.40. The van der Waals surface area contributed by atoms with E-state index in [2.05, 4.69) is 67.6 Å². The average molecular weight is 466 g/mol. The van der Waals surface area contributed by atoms with Crippen LogP contribution in [0, 0.1) is 19.8 Å². The van der Waals surface area contributed by atoms with E-state index in [1.54, 1.807) is 16.4 Å². The van der Waals surface area contributed by atoms with Gasteiger partial charge in [0.05, 0.1) is 4.90 Å². The van der Waals surface area contributed by atoms with Crippen molar-refractivity contribution in [1.29, 1.82) is 0 Å². The van der Waals surface area contributed by atoms with Crippen LogP contribution in [0.4, 0.5) is 0 Å². The number of fused-ring (bicyclic) bond motifs is 4. The number of aryl methyl sites for hydroxylation is 2. The van der Waals surface area contributed by atoms with Crippen molar-refractivity contribution in [2.75, 3.05) is 13.1 Å². The second-order valence-electron chi connectivity index (χ2n) is 9.60. The zero-order valence-electron chi connectivity index (χ0n) is 19.5. The van der Waals surface area contributed by atoms with Crippen LogP contribution in [0.15, 0.2) is 95.4 Å². The van der Waals surface area contributed by atoms with E-state index >= 15 is 0 Å². The number of hydrogen-bond donors (Lipinski definition) is 0. The molecule has 4 aromatic carbocycles. The molecular formula is C30H27NO2S. The maximum Gasteiger partial charge on any atom is 0.243 e. The molecule has 34 heavy (non-hydrogen) atoms. The van der Waals surface area contributed by atoms with Gasteiger partial charge < -0.3 is 0 Å². The monoisotopic (exact) mass is 465 g/mol. The maximum absolute atomic E-state index is 13.6. The lowest BCUT2D eigenvalue weighted by Crippen LogP contribution is -2.29. The molecule has 6 rings (SSSR count). The second-order valence-corrected chi connectivity index (χ2v) is 11.5. The molecule has 1 fully saturated rings. The molecule has 0 saturated carbocycles. The zero-order chi connectivity index (χ0) is 23.4. The molecule has 1 unspecified atom stereocenters. The van der Waals surface area contributed by atoms with E-state index in [0.717, 1.165) is 17.5 Å². The Bertz CT molecular complexity index is 1550. The van der Waals surface area contributed by atoms with Gasteiger partial charge in [-0.3, -0.25) is 0 Å². The highest BCUT2D eigenvalue weighted by atomic mass is 32.2. The van der Waals surface area contributed by atoms with Crippen LogP contribution in [-0.2, 0) is 16.4 Å². The van der Waals surface area contributed by atoms with Crippen LogP contribution in [0.5, 0.6) is 0 Å². The van der Waals surface area contributed by atoms with E-state index in [1.165, 1.54) is 38.6 Å². The van der Waals surface area contributed by atoms with E-state index in [0.29, 0.717) is 18.0 Å². The Labute approximate surface area is 201 Å². The van der Waals surface area contributed by atoms with Gasteiger partial charge in [-0.2, -0.15) is 4.31 Å². The van der Waals surface area contributed by atoms with Gasteiger partial charge in [0, 0.05) is 13.1 Å². The molecule has 2 aliphatic rings. The van der Waals surface area contributed by atoms with Crippen molar-refractivity contribution in [3.8, 4) is 0 Å². The molecular weight excluding hydrogens is 438 g/mol. The van der Waals surface area contributed by atoms with Crippen LogP contribution < -0.4 is 0 Å². The van der Waals surface area contributed by atoms with Crippen LogP contribution in [0.1, 0.15) is 27.8 Å². The summed E-state index contributed by atoms with van der Waals surface area (Å²) in [6.45, 7) is 5.03. The second kappa shape index (κ2) is 7.93. The Kier molecular flexibility index (Phi) is 4.98. The van der Waals surface area contributed by atoms with E-state index < -0.39 is 10.0 Å². The minimum Gasteiger partial charge on any atom is -0.207 e. The lowest BCUT2D eigenvalue weighted by Gasteiger charge is -2.27. The van der Waals surface area contributed by atoms with Crippen molar-refractivity contribution in [3.05, 3.63) is 118 Å². The third-order valence-electron chi connectivity index (χ3n) is 7.32. The third-order valence-corrected chi connectivity index (χ3v) is 9.14. The smallest absolute Gasteiger partial charge is 0.207 e. The molecule has 0 aromatic heterocycles. The predicted molar refractivity (Wildman–Crippen MR) is 138 cm³/mol. The summed E-state index contributed by atoms with van der Waals surface area (Å²) in [5, 5.41) is 2.45. The SMILES string of the molecule is Cc1ccc(C2=C3CN(S(=O)(=O)c4ccc(C)cc4)CC3Cc3ccc4ccccc4c32)cc1. The van der Waals surface area contributed by atoms with Gasteiger partial charge in [-0.05, 0) is 76.9 Å². The quantitative estimate of drug-likeness (QED) is 0.365. The average Bonchev–Trinajstić information content (AvgIpc) is 3.28. The van der Waals surface area contributed by atoms with Gasteiger partial charge in [0.2, 0.25) is 10.0 Å². The first kappa shape index (κ1) is 21.3. The Hall–Kier alpha value is -3.21. The Morgan fingerprint density at radius 1 is 0.794 bits per heavy atom. The molecule has 4 aromatic rings. The number of rotatable bonds is 3. The van der Waals surface area contributed by atoms with Crippen LogP contribution in [0.25, 0.3) is 16.3 Å². The lowest BCUT2D eigenvalue weighted by molar-refractivity contribution is 0.456. The zero-order valence-corrected chi connectivity index (χ0v) is 20.3. The molecule has 4 heteroatoms. The summed E-state index contributed by atoms with van der Waals surface area (Å²) < 4.78 is 28.8. The summed E-state index contributed by atoms with van der Waals surface area (Å²) in [7, 11) is -3.56. The van der Waals surface area contributed by atoms with Crippen LogP contribution in [-0.4, -0.2) is 25.8 Å². The summed E-state index contributed by atoms with van der Waals surface area (Å²) in [5.41, 5.74) is 8.46. The molecule has 1 heterocycles. The van der Waals surface area contributed by atoms with Gasteiger partial charge in [0.1, 0.15) is 0 Å². The summed E-state index contributed by atoms with van der Waals surface area (Å²) in [4.78, 5) is 0.372. The van der Waals surface area contributed by atoms with Crippen molar-refractivity contribution in [3.63, 3.8) is 0 Å².